The van der Waals surface area contributed by atoms with E-state index >= 15 is 0 Å². The van der Waals surface area contributed by atoms with E-state index in [1.807, 2.05) is 38.1 Å². The molecule has 4 heteroatoms. The lowest BCUT2D eigenvalue weighted by molar-refractivity contribution is -0.123. The molecular formula is C13H18N2O2. The van der Waals surface area contributed by atoms with Gasteiger partial charge in [-0.2, -0.15) is 0 Å². The third-order valence-electron chi connectivity index (χ3n) is 2.76. The van der Waals surface area contributed by atoms with Crippen molar-refractivity contribution in [3.63, 3.8) is 0 Å². The first-order valence-electron chi connectivity index (χ1n) is 5.81. The first-order valence-corrected chi connectivity index (χ1v) is 5.81. The van der Waals surface area contributed by atoms with Gasteiger partial charge in [0.2, 0.25) is 0 Å². The predicted octanol–water partition coefficient (Wildman–Crippen LogP) is 1.90. The minimum absolute atomic E-state index is 0.0899. The van der Waals surface area contributed by atoms with E-state index in [1.54, 1.807) is 0 Å². The highest BCUT2D eigenvalue weighted by atomic mass is 16.5. The molecule has 0 spiro atoms. The molecule has 3 N–H and O–H groups in total. The Morgan fingerprint density at radius 1 is 1.41 bits per heavy atom. The molecule has 0 aliphatic carbocycles. The molecule has 1 heterocycles. The largest absolute Gasteiger partial charge is 0.478 e. The monoisotopic (exact) mass is 234 g/mol. The van der Waals surface area contributed by atoms with E-state index in [9.17, 15) is 4.79 Å². The molecule has 1 aliphatic heterocycles. The Hall–Kier alpha value is -1.55. The third kappa shape index (κ3) is 2.97. The van der Waals surface area contributed by atoms with Crippen molar-refractivity contribution in [1.29, 1.82) is 0 Å². The predicted molar refractivity (Wildman–Crippen MR) is 67.0 cm³/mol. The zero-order valence-corrected chi connectivity index (χ0v) is 10.2. The highest BCUT2D eigenvalue weighted by Crippen LogP contribution is 2.30. The molecule has 92 valence electrons. The summed E-state index contributed by atoms with van der Waals surface area (Å²) in [6.45, 7) is 3.89. The second-order valence-electron chi connectivity index (χ2n) is 5.12. The highest BCUT2D eigenvalue weighted by Gasteiger charge is 2.28. The molecule has 2 rings (SSSR count). The van der Waals surface area contributed by atoms with Crippen LogP contribution in [0.25, 0.3) is 0 Å². The number of carbonyl (C=O) groups is 1. The standard InChI is InChI=1S/C13H18N2O2/c1-13(2,14)8-7-11-12(16)15-9-5-3-4-6-10(9)17-11/h3-6,11H,7-8,14H2,1-2H3,(H,15,16). The van der Waals surface area contributed by atoms with Crippen LogP contribution in [0.15, 0.2) is 24.3 Å². The van der Waals surface area contributed by atoms with E-state index in [0.29, 0.717) is 6.42 Å². The van der Waals surface area contributed by atoms with Gasteiger partial charge in [-0.1, -0.05) is 12.1 Å². The van der Waals surface area contributed by atoms with Gasteiger partial charge in [0, 0.05) is 5.54 Å². The van der Waals surface area contributed by atoms with Crippen LogP contribution in [0, 0.1) is 0 Å². The summed E-state index contributed by atoms with van der Waals surface area (Å²) in [7, 11) is 0. The van der Waals surface area contributed by atoms with Gasteiger partial charge in [0.05, 0.1) is 5.69 Å². The van der Waals surface area contributed by atoms with Crippen LogP contribution in [-0.2, 0) is 4.79 Å². The van der Waals surface area contributed by atoms with Crippen LogP contribution in [0.4, 0.5) is 5.69 Å². The van der Waals surface area contributed by atoms with E-state index in [4.69, 9.17) is 10.5 Å². The molecule has 1 atom stereocenters. The molecule has 0 bridgehead atoms. The average Bonchev–Trinajstić information content (AvgIpc) is 2.25. The minimum Gasteiger partial charge on any atom is -0.478 e. The Balaban J connectivity index is 2.05. The van der Waals surface area contributed by atoms with Crippen molar-refractivity contribution < 1.29 is 9.53 Å². The fraction of sp³-hybridized carbons (Fsp3) is 0.462. The Bertz CT molecular complexity index is 424. The molecule has 1 amide bonds. The Kier molecular flexibility index (Phi) is 3.07. The number of para-hydroxylation sites is 2. The van der Waals surface area contributed by atoms with E-state index in [2.05, 4.69) is 5.32 Å². The van der Waals surface area contributed by atoms with E-state index in [-0.39, 0.29) is 11.4 Å². The number of rotatable bonds is 3. The summed E-state index contributed by atoms with van der Waals surface area (Å²) in [6.07, 6.45) is 0.935. The molecular weight excluding hydrogens is 216 g/mol. The number of fused-ring (bicyclic) bond motifs is 1. The average molecular weight is 234 g/mol. The summed E-state index contributed by atoms with van der Waals surface area (Å²) in [4.78, 5) is 11.8. The van der Waals surface area contributed by atoms with Crippen molar-refractivity contribution >= 4 is 11.6 Å². The second kappa shape index (κ2) is 4.37. The van der Waals surface area contributed by atoms with Gasteiger partial charge in [0.25, 0.3) is 5.91 Å². The maximum absolute atomic E-state index is 11.8. The number of amides is 1. The number of benzene rings is 1. The van der Waals surface area contributed by atoms with Crippen molar-refractivity contribution in [1.82, 2.24) is 0 Å². The molecule has 0 aromatic heterocycles. The molecule has 1 unspecified atom stereocenters. The maximum atomic E-state index is 11.8. The lowest BCUT2D eigenvalue weighted by atomic mass is 9.97. The second-order valence-corrected chi connectivity index (χ2v) is 5.12. The number of ether oxygens (including phenoxy) is 1. The van der Waals surface area contributed by atoms with Crippen LogP contribution in [0.5, 0.6) is 5.75 Å². The summed E-state index contributed by atoms with van der Waals surface area (Å²) < 4.78 is 5.67. The number of carbonyl (C=O) groups excluding carboxylic acids is 1. The van der Waals surface area contributed by atoms with Gasteiger partial charge in [-0.3, -0.25) is 4.79 Å². The van der Waals surface area contributed by atoms with E-state index in [1.165, 1.54) is 0 Å². The summed E-state index contributed by atoms with van der Waals surface area (Å²) >= 11 is 0. The van der Waals surface area contributed by atoms with Crippen molar-refractivity contribution in [2.75, 3.05) is 5.32 Å². The SMILES string of the molecule is CC(C)(N)CCC1Oc2ccccc2NC1=O. The molecule has 0 fully saturated rings. The lowest BCUT2D eigenvalue weighted by Gasteiger charge is -2.28. The van der Waals surface area contributed by atoms with Gasteiger partial charge in [0.15, 0.2) is 6.10 Å². The Morgan fingerprint density at radius 2 is 2.12 bits per heavy atom. The van der Waals surface area contributed by atoms with E-state index < -0.39 is 6.10 Å². The molecule has 17 heavy (non-hydrogen) atoms. The Labute approximate surface area is 101 Å². The number of nitrogens with two attached hydrogens (primary N) is 1. The molecule has 0 saturated heterocycles. The number of anilines is 1. The molecule has 1 aromatic carbocycles. The van der Waals surface area contributed by atoms with Gasteiger partial charge in [0.1, 0.15) is 5.75 Å². The van der Waals surface area contributed by atoms with Crippen LogP contribution in [0.1, 0.15) is 26.7 Å². The smallest absolute Gasteiger partial charge is 0.265 e. The number of hydrogen-bond acceptors (Lipinski definition) is 3. The van der Waals surface area contributed by atoms with Crippen molar-refractivity contribution in [2.24, 2.45) is 5.73 Å². The van der Waals surface area contributed by atoms with Crippen LogP contribution in [-0.4, -0.2) is 17.6 Å². The topological polar surface area (TPSA) is 64.3 Å². The zero-order valence-electron chi connectivity index (χ0n) is 10.2. The van der Waals surface area contributed by atoms with Crippen molar-refractivity contribution in [3.8, 4) is 5.75 Å². The van der Waals surface area contributed by atoms with Crippen molar-refractivity contribution in [3.05, 3.63) is 24.3 Å². The summed E-state index contributed by atoms with van der Waals surface area (Å²) in [5.41, 5.74) is 6.37. The maximum Gasteiger partial charge on any atom is 0.265 e. The summed E-state index contributed by atoms with van der Waals surface area (Å²) in [6, 6.07) is 7.44. The van der Waals surface area contributed by atoms with Crippen LogP contribution in [0.2, 0.25) is 0 Å². The van der Waals surface area contributed by atoms with Crippen LogP contribution >= 0.6 is 0 Å². The van der Waals surface area contributed by atoms with Gasteiger partial charge in [-0.15, -0.1) is 0 Å². The first-order chi connectivity index (χ1) is 7.96. The van der Waals surface area contributed by atoms with Crippen LogP contribution < -0.4 is 15.8 Å². The molecule has 4 nitrogen and oxygen atoms in total. The molecule has 1 aromatic rings. The fourth-order valence-corrected chi connectivity index (χ4v) is 1.79. The highest BCUT2D eigenvalue weighted by molar-refractivity contribution is 5.97. The molecule has 0 radical (unpaired) electrons. The quantitative estimate of drug-likeness (QED) is 0.839. The lowest BCUT2D eigenvalue weighted by Crippen LogP contribution is -2.40. The third-order valence-corrected chi connectivity index (χ3v) is 2.76. The fourth-order valence-electron chi connectivity index (χ4n) is 1.79. The van der Waals surface area contributed by atoms with E-state index in [0.717, 1.165) is 17.9 Å². The summed E-state index contributed by atoms with van der Waals surface area (Å²) in [5.74, 6) is 0.639. The Morgan fingerprint density at radius 3 is 2.82 bits per heavy atom. The number of hydrogen-bond donors (Lipinski definition) is 2. The van der Waals surface area contributed by atoms with Gasteiger partial charge >= 0.3 is 0 Å². The van der Waals surface area contributed by atoms with Gasteiger partial charge in [-0.05, 0) is 38.8 Å². The summed E-state index contributed by atoms with van der Waals surface area (Å²) in [5, 5.41) is 2.84. The zero-order chi connectivity index (χ0) is 12.5. The first kappa shape index (κ1) is 11.9. The van der Waals surface area contributed by atoms with Crippen LogP contribution in [0.3, 0.4) is 0 Å². The molecule has 1 aliphatic rings. The normalized spacial score (nSPS) is 19.2. The van der Waals surface area contributed by atoms with Gasteiger partial charge < -0.3 is 15.8 Å². The number of nitrogens with one attached hydrogen (secondary N) is 1. The van der Waals surface area contributed by atoms with Crippen molar-refractivity contribution in [2.45, 2.75) is 38.3 Å². The molecule has 0 saturated carbocycles. The minimum atomic E-state index is -0.437. The van der Waals surface area contributed by atoms with Gasteiger partial charge in [-0.25, -0.2) is 0 Å².